The summed E-state index contributed by atoms with van der Waals surface area (Å²) < 4.78 is 29.2. The molecule has 0 bridgehead atoms. The van der Waals surface area contributed by atoms with Crippen molar-refractivity contribution in [3.8, 4) is 11.3 Å². The van der Waals surface area contributed by atoms with Crippen LogP contribution in [0, 0.1) is 35.3 Å². The first-order valence-corrected chi connectivity index (χ1v) is 11.2. The van der Waals surface area contributed by atoms with Crippen molar-refractivity contribution in [1.29, 1.82) is 0 Å². The van der Waals surface area contributed by atoms with E-state index >= 15 is 0 Å². The van der Waals surface area contributed by atoms with Gasteiger partial charge >= 0.3 is 0 Å². The lowest BCUT2D eigenvalue weighted by atomic mass is 9.96. The van der Waals surface area contributed by atoms with Crippen LogP contribution in [-0.2, 0) is 4.79 Å². The third-order valence-electron chi connectivity index (χ3n) is 7.45. The summed E-state index contributed by atoms with van der Waals surface area (Å²) in [5.74, 6) is -0.479. The lowest BCUT2D eigenvalue weighted by molar-refractivity contribution is -0.120. The molecule has 0 aliphatic heterocycles. The highest BCUT2D eigenvalue weighted by atomic mass is 19.2. The highest BCUT2D eigenvalue weighted by Crippen LogP contribution is 2.64. The molecular formula is C25H23F2N5O. The number of anilines is 1. The fraction of sp³-hybridized carbons (Fsp3) is 0.320. The van der Waals surface area contributed by atoms with Gasteiger partial charge in [-0.1, -0.05) is 19.1 Å². The average Bonchev–Trinajstić information content (AvgIpc) is 3.29. The van der Waals surface area contributed by atoms with Crippen LogP contribution in [0.4, 0.5) is 14.5 Å². The van der Waals surface area contributed by atoms with Crippen molar-refractivity contribution in [2.45, 2.75) is 25.8 Å². The van der Waals surface area contributed by atoms with E-state index in [1.165, 1.54) is 6.07 Å². The zero-order valence-corrected chi connectivity index (χ0v) is 18.0. The predicted molar refractivity (Wildman–Crippen MR) is 120 cm³/mol. The average molecular weight is 447 g/mol. The van der Waals surface area contributed by atoms with Crippen LogP contribution < -0.4 is 5.32 Å². The number of hydrogen-bond donors (Lipinski definition) is 2. The second-order valence-electron chi connectivity index (χ2n) is 9.26. The van der Waals surface area contributed by atoms with Crippen molar-refractivity contribution in [3.63, 3.8) is 0 Å². The second kappa shape index (κ2) is 7.50. The van der Waals surface area contributed by atoms with Gasteiger partial charge in [-0.3, -0.25) is 4.79 Å². The van der Waals surface area contributed by atoms with Gasteiger partial charge < -0.3 is 14.9 Å². The molecule has 0 radical (unpaired) electrons. The summed E-state index contributed by atoms with van der Waals surface area (Å²) in [5, 5.41) is 3.04. The predicted octanol–water partition coefficient (Wildman–Crippen LogP) is 5.18. The largest absolute Gasteiger partial charge is 0.345 e. The van der Waals surface area contributed by atoms with Crippen molar-refractivity contribution in [2.24, 2.45) is 23.7 Å². The quantitative estimate of drug-likeness (QED) is 0.443. The first-order valence-electron chi connectivity index (χ1n) is 11.2. The molecule has 5 atom stereocenters. The van der Waals surface area contributed by atoms with Gasteiger partial charge in [0.1, 0.15) is 0 Å². The van der Waals surface area contributed by atoms with E-state index in [1.807, 2.05) is 35.8 Å². The molecule has 168 valence electrons. The van der Waals surface area contributed by atoms with Crippen molar-refractivity contribution < 1.29 is 13.6 Å². The second-order valence-corrected chi connectivity index (χ2v) is 9.26. The van der Waals surface area contributed by atoms with E-state index in [0.717, 1.165) is 35.9 Å². The smallest absolute Gasteiger partial charge is 0.227 e. The lowest BCUT2D eigenvalue weighted by Gasteiger charge is -2.20. The monoisotopic (exact) mass is 447 g/mol. The number of benzene rings is 2. The zero-order valence-electron chi connectivity index (χ0n) is 18.0. The number of hydrogen-bond acceptors (Lipinski definition) is 3. The van der Waals surface area contributed by atoms with Gasteiger partial charge in [-0.2, -0.15) is 0 Å². The van der Waals surface area contributed by atoms with Crippen molar-refractivity contribution >= 4 is 22.6 Å². The first-order chi connectivity index (χ1) is 16.0. The van der Waals surface area contributed by atoms with Gasteiger partial charge in [0, 0.05) is 29.8 Å². The van der Waals surface area contributed by atoms with Crippen LogP contribution >= 0.6 is 0 Å². The third-order valence-corrected chi connectivity index (χ3v) is 7.45. The van der Waals surface area contributed by atoms with Crippen molar-refractivity contribution in [1.82, 2.24) is 19.5 Å². The van der Waals surface area contributed by atoms with Gasteiger partial charge in [-0.05, 0) is 48.3 Å². The number of fused-ring (bicyclic) bond motifs is 2. The Labute approximate surface area is 189 Å². The molecule has 4 aromatic rings. The van der Waals surface area contributed by atoms with Crippen LogP contribution in [0.25, 0.3) is 22.3 Å². The molecule has 2 aliphatic carbocycles. The standard InChI is InChI=1S/C25H23F2N5O/c1-13(25(33)31-15-4-2-14(3-5-15)22-10-28-11-29-22)24-17-6-16(7-18(17)24)32-12-30-21-8-19(26)20(27)9-23(21)32/h2-5,8-13,16-18,24H,6-7H2,1H3,(H,28,29)(H,31,33)/t13-,16?,17-,18+,24?/m0/s1. The Kier molecular flexibility index (Phi) is 4.57. The molecular weight excluding hydrogens is 424 g/mol. The summed E-state index contributed by atoms with van der Waals surface area (Å²) in [6.07, 6.45) is 6.93. The maximum Gasteiger partial charge on any atom is 0.227 e. The van der Waals surface area contributed by atoms with E-state index in [9.17, 15) is 13.6 Å². The highest BCUT2D eigenvalue weighted by molar-refractivity contribution is 5.93. The Balaban J connectivity index is 1.09. The SMILES string of the molecule is C[C@H](C(=O)Nc1ccc(-c2cnc[nH]2)cc1)C1[C@H]2CC(n3cnc4cc(F)c(F)cc43)C[C@@H]12. The molecule has 0 spiro atoms. The molecule has 6 rings (SSSR count). The number of H-pyrrole nitrogens is 1. The van der Waals surface area contributed by atoms with Gasteiger partial charge in [0.15, 0.2) is 11.6 Å². The molecule has 2 aromatic carbocycles. The number of amides is 1. The Morgan fingerprint density at radius 2 is 1.88 bits per heavy atom. The molecule has 0 saturated heterocycles. The Morgan fingerprint density at radius 1 is 1.15 bits per heavy atom. The summed E-state index contributed by atoms with van der Waals surface area (Å²) in [5.41, 5.74) is 3.81. The van der Waals surface area contributed by atoms with Crippen molar-refractivity contribution in [2.75, 3.05) is 5.32 Å². The van der Waals surface area contributed by atoms with Crippen LogP contribution in [-0.4, -0.2) is 25.4 Å². The normalized spacial score (nSPS) is 24.6. The molecule has 1 amide bonds. The zero-order chi connectivity index (χ0) is 22.7. The minimum atomic E-state index is -0.877. The number of imidazole rings is 2. The van der Waals surface area contributed by atoms with E-state index in [0.29, 0.717) is 28.8 Å². The van der Waals surface area contributed by atoms with Crippen LogP contribution in [0.3, 0.4) is 0 Å². The third kappa shape index (κ3) is 3.41. The van der Waals surface area contributed by atoms with E-state index in [-0.39, 0.29) is 17.9 Å². The fourth-order valence-corrected chi connectivity index (χ4v) is 5.72. The molecule has 2 aromatic heterocycles. The molecule has 33 heavy (non-hydrogen) atoms. The van der Waals surface area contributed by atoms with E-state index in [2.05, 4.69) is 20.3 Å². The van der Waals surface area contributed by atoms with Crippen LogP contribution in [0.1, 0.15) is 25.8 Å². The number of nitrogens with one attached hydrogen (secondary N) is 2. The maximum absolute atomic E-state index is 13.7. The molecule has 8 heteroatoms. The molecule has 2 unspecified atom stereocenters. The highest BCUT2D eigenvalue weighted by Gasteiger charge is 2.59. The van der Waals surface area contributed by atoms with Gasteiger partial charge in [-0.15, -0.1) is 0 Å². The number of nitrogens with zero attached hydrogens (tertiary/aromatic N) is 3. The first kappa shape index (κ1) is 20.1. The Bertz CT molecular complexity index is 1320. The topological polar surface area (TPSA) is 75.6 Å². The molecule has 2 N–H and O–H groups in total. The van der Waals surface area contributed by atoms with Gasteiger partial charge in [0.25, 0.3) is 0 Å². The van der Waals surface area contributed by atoms with E-state index < -0.39 is 11.6 Å². The fourth-order valence-electron chi connectivity index (χ4n) is 5.72. The lowest BCUT2D eigenvalue weighted by Crippen LogP contribution is -2.24. The Morgan fingerprint density at radius 3 is 2.58 bits per heavy atom. The number of aromatic amines is 1. The molecule has 2 saturated carbocycles. The van der Waals surface area contributed by atoms with E-state index in [1.54, 1.807) is 18.9 Å². The summed E-state index contributed by atoms with van der Waals surface area (Å²) in [6.45, 7) is 2.00. The van der Waals surface area contributed by atoms with Crippen LogP contribution in [0.15, 0.2) is 55.2 Å². The number of rotatable bonds is 5. The maximum atomic E-state index is 13.7. The van der Waals surface area contributed by atoms with Crippen LogP contribution in [0.5, 0.6) is 0 Å². The summed E-state index contributed by atoms with van der Waals surface area (Å²) in [7, 11) is 0. The van der Waals surface area contributed by atoms with Gasteiger partial charge in [-0.25, -0.2) is 18.7 Å². The minimum Gasteiger partial charge on any atom is -0.345 e. The van der Waals surface area contributed by atoms with Crippen molar-refractivity contribution in [3.05, 3.63) is 66.9 Å². The summed E-state index contributed by atoms with van der Waals surface area (Å²) in [6, 6.07) is 10.3. The number of aromatic nitrogens is 4. The molecule has 2 heterocycles. The number of carbonyl (C=O) groups is 1. The molecule has 6 nitrogen and oxygen atoms in total. The Hall–Kier alpha value is -3.55. The minimum absolute atomic E-state index is 0.0332. The summed E-state index contributed by atoms with van der Waals surface area (Å²) in [4.78, 5) is 24.2. The van der Waals surface area contributed by atoms with Gasteiger partial charge in [0.2, 0.25) is 5.91 Å². The summed E-state index contributed by atoms with van der Waals surface area (Å²) >= 11 is 0. The molecule has 2 aliphatic rings. The van der Waals surface area contributed by atoms with Gasteiger partial charge in [0.05, 0.1) is 35.6 Å². The number of halogens is 2. The number of carbonyl (C=O) groups excluding carboxylic acids is 1. The van der Waals surface area contributed by atoms with Crippen LogP contribution in [0.2, 0.25) is 0 Å². The van der Waals surface area contributed by atoms with E-state index in [4.69, 9.17) is 0 Å². The molecule has 2 fully saturated rings.